The van der Waals surface area contributed by atoms with Crippen LogP contribution in [0.15, 0.2) is 131 Å². The highest BCUT2D eigenvalue weighted by molar-refractivity contribution is 7.89. The molecule has 1 aromatic heterocycles. The Bertz CT molecular complexity index is 1740. The zero-order valence-electron chi connectivity index (χ0n) is 22.8. The molecule has 208 valence electrons. The summed E-state index contributed by atoms with van der Waals surface area (Å²) in [5.41, 5.74) is 5.38. The van der Waals surface area contributed by atoms with Crippen LogP contribution in [0.5, 0.6) is 0 Å². The molecule has 41 heavy (non-hydrogen) atoms. The third-order valence-corrected chi connectivity index (χ3v) is 10.5. The average molecular weight is 580 g/mol. The summed E-state index contributed by atoms with van der Waals surface area (Å²) >= 11 is 1.59. The van der Waals surface area contributed by atoms with Crippen LogP contribution in [0.3, 0.4) is 0 Å². The van der Waals surface area contributed by atoms with Gasteiger partial charge in [-0.1, -0.05) is 91.0 Å². The van der Waals surface area contributed by atoms with Crippen molar-refractivity contribution < 1.29 is 8.42 Å². The monoisotopic (exact) mass is 579 g/mol. The van der Waals surface area contributed by atoms with E-state index in [-0.39, 0.29) is 0 Å². The summed E-state index contributed by atoms with van der Waals surface area (Å²) < 4.78 is 30.9. The second kappa shape index (κ2) is 12.4. The van der Waals surface area contributed by atoms with Crippen LogP contribution in [-0.2, 0) is 23.0 Å². The second-order valence-corrected chi connectivity index (χ2v) is 13.3. The summed E-state index contributed by atoms with van der Waals surface area (Å²) in [6.07, 6.45) is 2.77. The summed E-state index contributed by atoms with van der Waals surface area (Å²) in [6.45, 7) is 1.80. The molecule has 0 spiro atoms. The number of aromatic nitrogens is 1. The van der Waals surface area contributed by atoms with Crippen LogP contribution >= 0.6 is 11.3 Å². The van der Waals surface area contributed by atoms with Crippen molar-refractivity contribution in [2.75, 3.05) is 13.1 Å². The zero-order chi connectivity index (χ0) is 28.1. The number of rotatable bonds is 8. The summed E-state index contributed by atoms with van der Waals surface area (Å²) in [5, 5.41) is 2.10. The highest BCUT2D eigenvalue weighted by Gasteiger charge is 2.29. The largest absolute Gasteiger partial charge is 0.312 e. The van der Waals surface area contributed by atoms with Gasteiger partial charge in [0.15, 0.2) is 4.80 Å². The van der Waals surface area contributed by atoms with Gasteiger partial charge in [-0.25, -0.2) is 13.4 Å². The molecule has 0 aliphatic carbocycles. The lowest BCUT2D eigenvalue weighted by Crippen LogP contribution is -2.38. The van der Waals surface area contributed by atoms with E-state index in [1.165, 1.54) is 11.1 Å². The molecule has 5 nitrogen and oxygen atoms in total. The van der Waals surface area contributed by atoms with Gasteiger partial charge < -0.3 is 4.57 Å². The SMILES string of the molecule is O=S(=O)(c1ccc(-c2csc(=Nc3ccccc3)n2Cc2ccccc2)cc1)N1CCC(Cc2ccccc2)CC1. The van der Waals surface area contributed by atoms with E-state index in [9.17, 15) is 8.42 Å². The van der Waals surface area contributed by atoms with Crippen molar-refractivity contribution in [2.24, 2.45) is 10.9 Å². The van der Waals surface area contributed by atoms with E-state index >= 15 is 0 Å². The number of sulfonamides is 1. The molecule has 1 aliphatic rings. The molecule has 5 aromatic rings. The molecule has 0 radical (unpaired) electrons. The first-order valence-electron chi connectivity index (χ1n) is 14.0. The number of hydrogen-bond donors (Lipinski definition) is 0. The average Bonchev–Trinajstić information content (AvgIpc) is 3.40. The maximum absolute atomic E-state index is 13.5. The molecule has 0 atom stereocenters. The molecule has 0 N–H and O–H groups in total. The molecule has 2 heterocycles. The highest BCUT2D eigenvalue weighted by atomic mass is 32.2. The van der Waals surface area contributed by atoms with Gasteiger partial charge in [0.2, 0.25) is 10.0 Å². The molecule has 0 unspecified atom stereocenters. The lowest BCUT2D eigenvalue weighted by molar-refractivity contribution is 0.273. The Labute approximate surface area is 246 Å². The summed E-state index contributed by atoms with van der Waals surface area (Å²) in [6, 6.07) is 38.1. The van der Waals surface area contributed by atoms with Crippen molar-refractivity contribution in [2.45, 2.75) is 30.7 Å². The minimum Gasteiger partial charge on any atom is -0.312 e. The van der Waals surface area contributed by atoms with Gasteiger partial charge >= 0.3 is 0 Å². The van der Waals surface area contributed by atoms with Crippen LogP contribution in [-0.4, -0.2) is 30.4 Å². The van der Waals surface area contributed by atoms with Crippen molar-refractivity contribution in [1.29, 1.82) is 0 Å². The van der Waals surface area contributed by atoms with Crippen LogP contribution in [0.2, 0.25) is 0 Å². The fourth-order valence-electron chi connectivity index (χ4n) is 5.43. The normalized spacial score (nSPS) is 15.3. The topological polar surface area (TPSA) is 54.7 Å². The maximum Gasteiger partial charge on any atom is 0.243 e. The van der Waals surface area contributed by atoms with Gasteiger partial charge in [-0.05, 0) is 66.1 Å². The van der Waals surface area contributed by atoms with Gasteiger partial charge in [0.25, 0.3) is 0 Å². The van der Waals surface area contributed by atoms with E-state index in [1.807, 2.05) is 66.7 Å². The molecule has 0 saturated carbocycles. The quantitative estimate of drug-likeness (QED) is 0.196. The Hall–Kier alpha value is -3.78. The van der Waals surface area contributed by atoms with Crippen molar-refractivity contribution in [1.82, 2.24) is 8.87 Å². The number of piperidine rings is 1. The molecule has 7 heteroatoms. The third kappa shape index (κ3) is 6.43. The first-order chi connectivity index (χ1) is 20.1. The zero-order valence-corrected chi connectivity index (χ0v) is 24.5. The maximum atomic E-state index is 13.5. The minimum atomic E-state index is -3.54. The van der Waals surface area contributed by atoms with Gasteiger partial charge in [0, 0.05) is 18.5 Å². The van der Waals surface area contributed by atoms with Gasteiger partial charge in [-0.3, -0.25) is 0 Å². The van der Waals surface area contributed by atoms with E-state index < -0.39 is 10.0 Å². The van der Waals surface area contributed by atoms with Crippen LogP contribution in [0.1, 0.15) is 24.0 Å². The molecule has 4 aromatic carbocycles. The van der Waals surface area contributed by atoms with Crippen molar-refractivity contribution in [3.8, 4) is 11.3 Å². The summed E-state index contributed by atoms with van der Waals surface area (Å²) in [4.78, 5) is 6.16. The Balaban J connectivity index is 1.22. The van der Waals surface area contributed by atoms with E-state index in [2.05, 4.69) is 46.3 Å². The number of nitrogens with zero attached hydrogens (tertiary/aromatic N) is 3. The van der Waals surface area contributed by atoms with Crippen LogP contribution in [0, 0.1) is 5.92 Å². The number of thiazole rings is 1. The molecule has 6 rings (SSSR count). The predicted molar refractivity (Wildman–Crippen MR) is 167 cm³/mol. The minimum absolute atomic E-state index is 0.349. The number of hydrogen-bond acceptors (Lipinski definition) is 4. The molecule has 0 bridgehead atoms. The van der Waals surface area contributed by atoms with Gasteiger partial charge in [-0.2, -0.15) is 4.31 Å². The predicted octanol–water partition coefficient (Wildman–Crippen LogP) is 7.14. The fourth-order valence-corrected chi connectivity index (χ4v) is 7.83. The Morgan fingerprint density at radius 3 is 1.95 bits per heavy atom. The van der Waals surface area contributed by atoms with E-state index in [0.29, 0.717) is 30.4 Å². The van der Waals surface area contributed by atoms with E-state index in [4.69, 9.17) is 4.99 Å². The lowest BCUT2D eigenvalue weighted by atomic mass is 9.91. The van der Waals surface area contributed by atoms with Gasteiger partial charge in [-0.15, -0.1) is 11.3 Å². The molecule has 1 aliphatic heterocycles. The van der Waals surface area contributed by atoms with Crippen molar-refractivity contribution in [3.63, 3.8) is 0 Å². The first kappa shape index (κ1) is 27.4. The number of para-hydroxylation sites is 1. The van der Waals surface area contributed by atoms with Crippen molar-refractivity contribution in [3.05, 3.63) is 137 Å². The van der Waals surface area contributed by atoms with E-state index in [1.54, 1.807) is 27.8 Å². The molecular weight excluding hydrogens is 547 g/mol. The molecular formula is C34H33N3O2S2. The lowest BCUT2D eigenvalue weighted by Gasteiger charge is -2.31. The second-order valence-electron chi connectivity index (χ2n) is 10.5. The van der Waals surface area contributed by atoms with Crippen LogP contribution < -0.4 is 4.80 Å². The van der Waals surface area contributed by atoms with Gasteiger partial charge in [0.05, 0.1) is 22.8 Å². The first-order valence-corrected chi connectivity index (χ1v) is 16.3. The number of benzene rings is 4. The fraction of sp³-hybridized carbons (Fsp3) is 0.206. The highest BCUT2D eigenvalue weighted by Crippen LogP contribution is 2.28. The van der Waals surface area contributed by atoms with E-state index in [0.717, 1.165) is 41.0 Å². The Kier molecular flexibility index (Phi) is 8.28. The standard InChI is InChI=1S/C34H33N3O2S2/c38-41(39,36-22-20-28(21-23-36)24-27-10-4-1-5-11-27)32-18-16-30(17-19-32)33-26-40-34(35-31-14-8-3-9-15-31)37(33)25-29-12-6-2-7-13-29/h1-19,26,28H,20-25H2. The van der Waals surface area contributed by atoms with Crippen LogP contribution in [0.25, 0.3) is 11.3 Å². The Morgan fingerprint density at radius 2 is 1.32 bits per heavy atom. The molecule has 0 amide bonds. The summed E-state index contributed by atoms with van der Waals surface area (Å²) in [5.74, 6) is 0.514. The summed E-state index contributed by atoms with van der Waals surface area (Å²) in [7, 11) is -3.54. The van der Waals surface area contributed by atoms with Crippen molar-refractivity contribution >= 4 is 27.0 Å². The smallest absolute Gasteiger partial charge is 0.243 e. The Morgan fingerprint density at radius 1 is 0.732 bits per heavy atom. The molecule has 1 saturated heterocycles. The van der Waals surface area contributed by atoms with Gasteiger partial charge in [0.1, 0.15) is 0 Å². The van der Waals surface area contributed by atoms with Crippen LogP contribution in [0.4, 0.5) is 5.69 Å². The molecule has 1 fully saturated rings. The third-order valence-electron chi connectivity index (χ3n) is 7.69.